The molecule has 0 aromatic rings. The van der Waals surface area contributed by atoms with Gasteiger partial charge in [0.2, 0.25) is 0 Å². The number of aliphatic imine (C=N–C) groups is 1. The fourth-order valence-corrected chi connectivity index (χ4v) is 1.40. The average Bonchev–Trinajstić information content (AvgIpc) is 2.50. The van der Waals surface area contributed by atoms with Gasteiger partial charge in [-0.25, -0.2) is 5.43 Å². The standard InChI is InChI=1S/C9H19N3/c1-3-5-6-9-10-7-8-12(9)11-4-2/h11H,3-8H2,1-2H3. The molecule has 0 unspecified atom stereocenters. The number of amidine groups is 1. The Balaban J connectivity index is 2.29. The Labute approximate surface area is 74.8 Å². The second kappa shape index (κ2) is 5.14. The first kappa shape index (κ1) is 9.52. The summed E-state index contributed by atoms with van der Waals surface area (Å²) < 4.78 is 0. The van der Waals surface area contributed by atoms with E-state index in [9.17, 15) is 0 Å². The second-order valence-corrected chi connectivity index (χ2v) is 3.06. The van der Waals surface area contributed by atoms with Crippen molar-refractivity contribution in [1.29, 1.82) is 0 Å². The molecule has 0 aromatic carbocycles. The van der Waals surface area contributed by atoms with Crippen molar-refractivity contribution in [1.82, 2.24) is 10.4 Å². The summed E-state index contributed by atoms with van der Waals surface area (Å²) >= 11 is 0. The van der Waals surface area contributed by atoms with Crippen molar-refractivity contribution in [3.63, 3.8) is 0 Å². The van der Waals surface area contributed by atoms with Crippen LogP contribution in [0.2, 0.25) is 0 Å². The predicted octanol–water partition coefficient (Wildman–Crippen LogP) is 1.42. The van der Waals surface area contributed by atoms with Gasteiger partial charge < -0.3 is 0 Å². The van der Waals surface area contributed by atoms with Crippen molar-refractivity contribution >= 4 is 5.84 Å². The highest BCUT2D eigenvalue weighted by atomic mass is 15.5. The molecule has 0 aromatic heterocycles. The van der Waals surface area contributed by atoms with E-state index in [1.807, 2.05) is 0 Å². The molecule has 0 amide bonds. The third-order valence-corrected chi connectivity index (χ3v) is 2.03. The molecule has 12 heavy (non-hydrogen) atoms. The van der Waals surface area contributed by atoms with E-state index in [2.05, 4.69) is 29.3 Å². The lowest BCUT2D eigenvalue weighted by Gasteiger charge is -2.20. The van der Waals surface area contributed by atoms with Gasteiger partial charge in [0, 0.05) is 13.0 Å². The Morgan fingerprint density at radius 2 is 2.33 bits per heavy atom. The number of unbranched alkanes of at least 4 members (excludes halogenated alkanes) is 1. The maximum absolute atomic E-state index is 4.45. The molecule has 3 heteroatoms. The van der Waals surface area contributed by atoms with Gasteiger partial charge in [-0.1, -0.05) is 20.3 Å². The van der Waals surface area contributed by atoms with Crippen LogP contribution in [0.4, 0.5) is 0 Å². The third kappa shape index (κ3) is 2.48. The van der Waals surface area contributed by atoms with Crippen LogP contribution in [-0.2, 0) is 0 Å². The molecule has 1 heterocycles. The Bertz CT molecular complexity index is 154. The van der Waals surface area contributed by atoms with Gasteiger partial charge in [-0.3, -0.25) is 10.0 Å². The van der Waals surface area contributed by atoms with Gasteiger partial charge in [0.05, 0.1) is 13.1 Å². The Hall–Kier alpha value is -0.570. The lowest BCUT2D eigenvalue weighted by Crippen LogP contribution is -2.40. The fraction of sp³-hybridized carbons (Fsp3) is 0.889. The molecular weight excluding hydrogens is 150 g/mol. The first-order chi connectivity index (χ1) is 5.88. The number of nitrogens with one attached hydrogen (secondary N) is 1. The van der Waals surface area contributed by atoms with Gasteiger partial charge in [-0.15, -0.1) is 0 Å². The summed E-state index contributed by atoms with van der Waals surface area (Å²) in [5.41, 5.74) is 3.31. The van der Waals surface area contributed by atoms with Crippen molar-refractivity contribution < 1.29 is 0 Å². The topological polar surface area (TPSA) is 27.6 Å². The summed E-state index contributed by atoms with van der Waals surface area (Å²) in [5.74, 6) is 1.25. The van der Waals surface area contributed by atoms with Gasteiger partial charge in [0.1, 0.15) is 5.84 Å². The summed E-state index contributed by atoms with van der Waals surface area (Å²) in [6.45, 7) is 7.34. The van der Waals surface area contributed by atoms with Crippen LogP contribution in [0.3, 0.4) is 0 Å². The molecule has 0 atom stereocenters. The molecule has 1 aliphatic rings. The van der Waals surface area contributed by atoms with E-state index >= 15 is 0 Å². The summed E-state index contributed by atoms with van der Waals surface area (Å²) in [4.78, 5) is 4.45. The molecule has 0 aliphatic carbocycles. The maximum Gasteiger partial charge on any atom is 0.113 e. The average molecular weight is 169 g/mol. The lowest BCUT2D eigenvalue weighted by atomic mass is 10.2. The summed E-state index contributed by atoms with van der Waals surface area (Å²) in [5, 5.41) is 2.19. The largest absolute Gasteiger partial charge is 0.294 e. The number of nitrogens with zero attached hydrogens (tertiary/aromatic N) is 2. The fourth-order valence-electron chi connectivity index (χ4n) is 1.40. The smallest absolute Gasteiger partial charge is 0.113 e. The number of rotatable bonds is 5. The van der Waals surface area contributed by atoms with Crippen LogP contribution in [0.5, 0.6) is 0 Å². The number of hydrogen-bond acceptors (Lipinski definition) is 3. The van der Waals surface area contributed by atoms with E-state index < -0.39 is 0 Å². The van der Waals surface area contributed by atoms with Crippen molar-refractivity contribution in [2.45, 2.75) is 33.1 Å². The van der Waals surface area contributed by atoms with Crippen molar-refractivity contribution in [3.05, 3.63) is 0 Å². The molecule has 0 saturated carbocycles. The Kier molecular flexibility index (Phi) is 4.08. The van der Waals surface area contributed by atoms with Crippen LogP contribution in [0.15, 0.2) is 4.99 Å². The first-order valence-electron chi connectivity index (χ1n) is 4.92. The summed E-state index contributed by atoms with van der Waals surface area (Å²) in [6.07, 6.45) is 3.63. The lowest BCUT2D eigenvalue weighted by molar-refractivity contribution is 0.337. The predicted molar refractivity (Wildman–Crippen MR) is 52.2 cm³/mol. The van der Waals surface area contributed by atoms with E-state index in [0.717, 1.165) is 26.1 Å². The third-order valence-electron chi connectivity index (χ3n) is 2.03. The van der Waals surface area contributed by atoms with Gasteiger partial charge >= 0.3 is 0 Å². The zero-order valence-corrected chi connectivity index (χ0v) is 8.14. The van der Waals surface area contributed by atoms with E-state index in [1.54, 1.807) is 0 Å². The monoisotopic (exact) mass is 169 g/mol. The zero-order chi connectivity index (χ0) is 8.81. The highest BCUT2D eigenvalue weighted by molar-refractivity contribution is 5.83. The summed E-state index contributed by atoms with van der Waals surface area (Å²) in [7, 11) is 0. The van der Waals surface area contributed by atoms with Crippen LogP contribution in [0, 0.1) is 0 Å². The SMILES string of the molecule is CCCCC1=NCCN1NCC. The molecule has 0 bridgehead atoms. The van der Waals surface area contributed by atoms with Crippen LogP contribution >= 0.6 is 0 Å². The minimum atomic E-state index is 0.964. The molecule has 0 spiro atoms. The Morgan fingerprint density at radius 3 is 3.00 bits per heavy atom. The van der Waals surface area contributed by atoms with Crippen LogP contribution in [0.25, 0.3) is 0 Å². The highest BCUT2D eigenvalue weighted by Gasteiger charge is 2.14. The van der Waals surface area contributed by atoms with Crippen molar-refractivity contribution in [2.75, 3.05) is 19.6 Å². The second-order valence-electron chi connectivity index (χ2n) is 3.06. The van der Waals surface area contributed by atoms with E-state index in [-0.39, 0.29) is 0 Å². The molecule has 0 radical (unpaired) electrons. The van der Waals surface area contributed by atoms with Crippen LogP contribution in [0.1, 0.15) is 33.1 Å². The van der Waals surface area contributed by atoms with Crippen LogP contribution < -0.4 is 5.43 Å². The minimum Gasteiger partial charge on any atom is -0.294 e. The quantitative estimate of drug-likeness (QED) is 0.674. The first-order valence-corrected chi connectivity index (χ1v) is 4.92. The van der Waals surface area contributed by atoms with Gasteiger partial charge in [-0.05, 0) is 6.42 Å². The van der Waals surface area contributed by atoms with Crippen LogP contribution in [-0.4, -0.2) is 30.5 Å². The molecule has 0 saturated heterocycles. The van der Waals surface area contributed by atoms with Crippen molar-refractivity contribution in [3.8, 4) is 0 Å². The van der Waals surface area contributed by atoms with E-state index in [0.29, 0.717) is 0 Å². The molecule has 0 fully saturated rings. The zero-order valence-electron chi connectivity index (χ0n) is 8.14. The van der Waals surface area contributed by atoms with Crippen molar-refractivity contribution in [2.24, 2.45) is 4.99 Å². The van der Waals surface area contributed by atoms with Gasteiger partial charge in [0.25, 0.3) is 0 Å². The Morgan fingerprint density at radius 1 is 1.50 bits per heavy atom. The minimum absolute atomic E-state index is 0.964. The van der Waals surface area contributed by atoms with E-state index in [4.69, 9.17) is 0 Å². The molecule has 1 N–H and O–H groups in total. The molecule has 1 rings (SSSR count). The van der Waals surface area contributed by atoms with Gasteiger partial charge in [-0.2, -0.15) is 0 Å². The molecule has 1 aliphatic heterocycles. The maximum atomic E-state index is 4.45. The van der Waals surface area contributed by atoms with E-state index in [1.165, 1.54) is 18.7 Å². The molecular formula is C9H19N3. The highest BCUT2D eigenvalue weighted by Crippen LogP contribution is 2.05. The normalized spacial score (nSPS) is 16.8. The van der Waals surface area contributed by atoms with Gasteiger partial charge in [0.15, 0.2) is 0 Å². The number of hydrogen-bond donors (Lipinski definition) is 1. The molecule has 3 nitrogen and oxygen atoms in total. The molecule has 70 valence electrons. The summed E-state index contributed by atoms with van der Waals surface area (Å²) in [6, 6.07) is 0. The number of hydrazine groups is 1.